The van der Waals surface area contributed by atoms with E-state index in [1.165, 1.54) is 0 Å². The average Bonchev–Trinajstić information content (AvgIpc) is 2.82. The van der Waals surface area contributed by atoms with Crippen LogP contribution >= 0.6 is 21.6 Å². The molecular formula is C16H22ClF2NO2S. The van der Waals surface area contributed by atoms with Crippen LogP contribution in [0.25, 0.3) is 10.9 Å². The Morgan fingerprint density at radius 2 is 2.00 bits per heavy atom. The Labute approximate surface area is 141 Å². The molecule has 0 saturated heterocycles. The summed E-state index contributed by atoms with van der Waals surface area (Å²) in [6, 6.07) is 5.31. The van der Waals surface area contributed by atoms with Crippen LogP contribution in [-0.4, -0.2) is 48.7 Å². The lowest BCUT2D eigenvalue weighted by Gasteiger charge is -2.24. The van der Waals surface area contributed by atoms with Gasteiger partial charge in [0.25, 0.3) is 6.43 Å². The zero-order chi connectivity index (χ0) is 17.0. The number of hydrogen-bond donors (Lipinski definition) is 0. The van der Waals surface area contributed by atoms with Gasteiger partial charge in [-0.05, 0) is 30.9 Å². The summed E-state index contributed by atoms with van der Waals surface area (Å²) in [5.74, 6) is 1.30. The van der Waals surface area contributed by atoms with Gasteiger partial charge in [0.2, 0.25) is 0 Å². The maximum absolute atomic E-state index is 12.3. The first-order chi connectivity index (χ1) is 10.8. The summed E-state index contributed by atoms with van der Waals surface area (Å²) < 4.78 is 37.3. The summed E-state index contributed by atoms with van der Waals surface area (Å²) in [4.78, 5) is 0. The Kier molecular flexibility index (Phi) is 6.17. The first kappa shape index (κ1) is 18.4. The van der Waals surface area contributed by atoms with E-state index in [2.05, 4.69) is 18.8 Å². The van der Waals surface area contributed by atoms with Crippen LogP contribution in [-0.2, 0) is 11.5 Å². The number of benzene rings is 1. The van der Waals surface area contributed by atoms with Crippen LogP contribution in [0.1, 0.15) is 0 Å². The van der Waals surface area contributed by atoms with Gasteiger partial charge in [-0.2, -0.15) is 0 Å². The molecule has 0 fully saturated rings. The minimum absolute atomic E-state index is 0.263. The van der Waals surface area contributed by atoms with E-state index >= 15 is 0 Å². The highest BCUT2D eigenvalue weighted by molar-refractivity contribution is 8.32. The second-order valence-corrected chi connectivity index (χ2v) is 11.2. The van der Waals surface area contributed by atoms with E-state index in [1.54, 1.807) is 12.1 Å². The summed E-state index contributed by atoms with van der Waals surface area (Å²) in [6.45, 7) is 0.437. The predicted molar refractivity (Wildman–Crippen MR) is 94.6 cm³/mol. The normalized spacial score (nSPS) is 13.0. The molecule has 0 aliphatic carbocycles. The number of ether oxygens (including phenoxy) is 2. The van der Waals surface area contributed by atoms with Crippen LogP contribution in [0.2, 0.25) is 5.02 Å². The third kappa shape index (κ3) is 5.55. The fraction of sp³-hybridized carbons (Fsp3) is 0.500. The number of aromatic nitrogens is 1. The van der Waals surface area contributed by atoms with Gasteiger partial charge in [0.15, 0.2) is 0 Å². The minimum Gasteiger partial charge on any atom is -0.486 e. The maximum atomic E-state index is 12.3. The van der Waals surface area contributed by atoms with E-state index in [0.717, 1.165) is 16.7 Å². The minimum atomic E-state index is -2.53. The van der Waals surface area contributed by atoms with Gasteiger partial charge in [-0.3, -0.25) is 0 Å². The zero-order valence-electron chi connectivity index (χ0n) is 13.5. The third-order valence-corrected chi connectivity index (χ3v) is 4.95. The van der Waals surface area contributed by atoms with E-state index in [9.17, 15) is 8.78 Å². The first-order valence-corrected chi connectivity index (χ1v) is 10.6. The Bertz CT molecular complexity index is 655. The van der Waals surface area contributed by atoms with E-state index in [1.807, 2.05) is 16.8 Å². The van der Waals surface area contributed by atoms with Crippen molar-refractivity contribution in [3.05, 3.63) is 29.4 Å². The second kappa shape index (κ2) is 7.73. The van der Waals surface area contributed by atoms with Crippen molar-refractivity contribution in [2.45, 2.75) is 13.2 Å². The predicted octanol–water partition coefficient (Wildman–Crippen LogP) is 4.61. The van der Waals surface area contributed by atoms with Gasteiger partial charge in [-0.1, -0.05) is 11.6 Å². The highest BCUT2D eigenvalue weighted by atomic mass is 35.5. The number of hydrogen-bond acceptors (Lipinski definition) is 2. The van der Waals surface area contributed by atoms with Gasteiger partial charge < -0.3 is 14.0 Å². The molecule has 0 aliphatic heterocycles. The molecule has 0 unspecified atom stereocenters. The molecule has 1 aromatic heterocycles. The van der Waals surface area contributed by atoms with Crippen molar-refractivity contribution in [1.82, 2.24) is 4.57 Å². The number of alkyl halides is 2. The monoisotopic (exact) mass is 365 g/mol. The molecule has 130 valence electrons. The zero-order valence-corrected chi connectivity index (χ0v) is 15.1. The Balaban J connectivity index is 2.07. The van der Waals surface area contributed by atoms with Gasteiger partial charge in [-0.25, -0.2) is 18.8 Å². The van der Waals surface area contributed by atoms with Gasteiger partial charge in [-0.15, -0.1) is 0 Å². The van der Waals surface area contributed by atoms with Crippen LogP contribution < -0.4 is 4.74 Å². The molecule has 0 saturated carbocycles. The number of nitrogens with zero attached hydrogens (tertiary/aromatic N) is 1. The molecule has 23 heavy (non-hydrogen) atoms. The molecule has 0 bridgehead atoms. The average molecular weight is 366 g/mol. The fourth-order valence-electron chi connectivity index (χ4n) is 2.04. The van der Waals surface area contributed by atoms with E-state index in [-0.39, 0.29) is 5.75 Å². The van der Waals surface area contributed by atoms with E-state index in [4.69, 9.17) is 21.1 Å². The summed E-state index contributed by atoms with van der Waals surface area (Å²) in [5, 5.41) is 1.25. The maximum Gasteiger partial charge on any atom is 0.272 e. The Morgan fingerprint density at radius 1 is 1.26 bits per heavy atom. The van der Waals surface area contributed by atoms with E-state index < -0.39 is 23.1 Å². The van der Waals surface area contributed by atoms with Crippen LogP contribution in [0.3, 0.4) is 0 Å². The highest BCUT2D eigenvalue weighted by Gasteiger charge is 2.11. The molecule has 2 rings (SSSR count). The van der Waals surface area contributed by atoms with Gasteiger partial charge >= 0.3 is 0 Å². The summed E-state index contributed by atoms with van der Waals surface area (Å²) in [6.07, 6.45) is 6.10. The molecule has 0 radical (unpaired) electrons. The molecule has 1 heterocycles. The van der Waals surface area contributed by atoms with Gasteiger partial charge in [0.05, 0.1) is 17.1 Å². The molecule has 7 heteroatoms. The molecule has 0 amide bonds. The lowest BCUT2D eigenvalue weighted by molar-refractivity contribution is 0.0818. The van der Waals surface area contributed by atoms with Crippen molar-refractivity contribution in [2.75, 3.05) is 37.7 Å². The SMILES string of the molecule is CS(C)(C)CCOCn1ccc2cc(Cl)c(OCC(F)F)cc21. The first-order valence-electron chi connectivity index (χ1n) is 7.19. The van der Waals surface area contributed by atoms with Crippen molar-refractivity contribution in [2.24, 2.45) is 0 Å². The van der Waals surface area contributed by atoms with E-state index in [0.29, 0.717) is 18.4 Å². The number of fused-ring (bicyclic) bond motifs is 1. The third-order valence-electron chi connectivity index (χ3n) is 3.26. The summed E-state index contributed by atoms with van der Waals surface area (Å²) in [5.41, 5.74) is 0.849. The van der Waals surface area contributed by atoms with Crippen molar-refractivity contribution < 1.29 is 18.3 Å². The van der Waals surface area contributed by atoms with Crippen molar-refractivity contribution >= 4 is 32.5 Å². The molecule has 3 nitrogen and oxygen atoms in total. The van der Waals surface area contributed by atoms with Gasteiger partial charge in [0.1, 0.15) is 19.1 Å². The molecule has 0 atom stereocenters. The Hall–Kier alpha value is -0.980. The van der Waals surface area contributed by atoms with Crippen LogP contribution in [0, 0.1) is 0 Å². The second-order valence-electron chi connectivity index (χ2n) is 6.16. The summed E-state index contributed by atoms with van der Waals surface area (Å²) in [7, 11) is -0.578. The van der Waals surface area contributed by atoms with Crippen molar-refractivity contribution in [3.8, 4) is 5.75 Å². The lowest BCUT2D eigenvalue weighted by atomic mass is 10.2. The highest BCUT2D eigenvalue weighted by Crippen LogP contribution is 2.34. The standard InChI is InChI=1S/C16H22ClF2NO2S/c1-23(2,3)7-6-21-11-20-5-4-12-8-13(17)15(9-14(12)20)22-10-16(18)19/h4-5,8-9,16H,6-7,10-11H2,1-3H3. The smallest absolute Gasteiger partial charge is 0.272 e. The molecule has 0 N–H and O–H groups in total. The quantitative estimate of drug-likeness (QED) is 0.638. The number of halogens is 3. The van der Waals surface area contributed by atoms with Crippen LogP contribution in [0.5, 0.6) is 5.75 Å². The van der Waals surface area contributed by atoms with Crippen molar-refractivity contribution in [3.63, 3.8) is 0 Å². The van der Waals surface area contributed by atoms with Gasteiger partial charge in [0, 0.05) is 23.4 Å². The molecule has 0 spiro atoms. The fourth-order valence-corrected chi connectivity index (χ4v) is 2.88. The Morgan fingerprint density at radius 3 is 2.65 bits per heavy atom. The molecule has 1 aromatic carbocycles. The lowest BCUT2D eigenvalue weighted by Crippen LogP contribution is -2.09. The largest absolute Gasteiger partial charge is 0.486 e. The molecular weight excluding hydrogens is 344 g/mol. The van der Waals surface area contributed by atoms with Crippen LogP contribution in [0.4, 0.5) is 8.78 Å². The van der Waals surface area contributed by atoms with Crippen molar-refractivity contribution in [1.29, 1.82) is 0 Å². The molecule has 0 aliphatic rings. The molecule has 2 aromatic rings. The number of rotatable bonds is 8. The van der Waals surface area contributed by atoms with Crippen LogP contribution in [0.15, 0.2) is 24.4 Å². The topological polar surface area (TPSA) is 23.4 Å². The summed E-state index contributed by atoms with van der Waals surface area (Å²) >= 11 is 6.07.